The van der Waals surface area contributed by atoms with Crippen molar-refractivity contribution in [3.63, 3.8) is 0 Å². The Bertz CT molecular complexity index is 401. The van der Waals surface area contributed by atoms with Crippen LogP contribution < -0.4 is 15.2 Å². The number of rotatable bonds is 5. The zero-order valence-corrected chi connectivity index (χ0v) is 11.9. The number of piperidine rings is 1. The van der Waals surface area contributed by atoms with E-state index in [1.165, 1.54) is 12.8 Å². The summed E-state index contributed by atoms with van der Waals surface area (Å²) >= 11 is 0. The highest BCUT2D eigenvalue weighted by atomic mass is 16.5. The predicted molar refractivity (Wildman–Crippen MR) is 76.6 cm³/mol. The standard InChI is InChI=1S/C15H24N2O2/c1-17-7-5-12(6-8-17)11-19-15-9-13(10-16)3-4-14(15)18-2/h3-4,9,12H,5-8,10-11,16H2,1-2H3. The molecular formula is C15H24N2O2. The third kappa shape index (κ3) is 3.85. The summed E-state index contributed by atoms with van der Waals surface area (Å²) in [5, 5.41) is 0. The molecule has 19 heavy (non-hydrogen) atoms. The summed E-state index contributed by atoms with van der Waals surface area (Å²) in [6, 6.07) is 5.88. The Hall–Kier alpha value is -1.26. The number of benzene rings is 1. The van der Waals surface area contributed by atoms with Crippen LogP contribution in [0.2, 0.25) is 0 Å². The molecule has 0 radical (unpaired) electrons. The van der Waals surface area contributed by atoms with Crippen LogP contribution in [-0.4, -0.2) is 38.8 Å². The molecule has 1 aromatic rings. The zero-order valence-electron chi connectivity index (χ0n) is 11.9. The van der Waals surface area contributed by atoms with Gasteiger partial charge in [-0.25, -0.2) is 0 Å². The van der Waals surface area contributed by atoms with Crippen LogP contribution in [0.1, 0.15) is 18.4 Å². The lowest BCUT2D eigenvalue weighted by Crippen LogP contribution is -2.32. The van der Waals surface area contributed by atoms with E-state index < -0.39 is 0 Å². The summed E-state index contributed by atoms with van der Waals surface area (Å²) in [7, 11) is 3.84. The van der Waals surface area contributed by atoms with Gasteiger partial charge >= 0.3 is 0 Å². The number of hydrogen-bond acceptors (Lipinski definition) is 4. The average Bonchev–Trinajstić information content (AvgIpc) is 2.46. The molecule has 0 saturated carbocycles. The van der Waals surface area contributed by atoms with E-state index in [1.807, 2.05) is 18.2 Å². The molecule has 106 valence electrons. The molecule has 1 heterocycles. The van der Waals surface area contributed by atoms with Gasteiger partial charge < -0.3 is 20.1 Å². The number of nitrogens with two attached hydrogens (primary N) is 1. The van der Waals surface area contributed by atoms with Gasteiger partial charge in [0.25, 0.3) is 0 Å². The van der Waals surface area contributed by atoms with Crippen LogP contribution in [0.3, 0.4) is 0 Å². The first kappa shape index (κ1) is 14.2. The molecule has 1 saturated heterocycles. The summed E-state index contributed by atoms with van der Waals surface area (Å²) in [4.78, 5) is 2.37. The second-order valence-electron chi connectivity index (χ2n) is 5.25. The van der Waals surface area contributed by atoms with E-state index in [4.69, 9.17) is 15.2 Å². The van der Waals surface area contributed by atoms with Crippen molar-refractivity contribution in [2.24, 2.45) is 11.7 Å². The van der Waals surface area contributed by atoms with Crippen molar-refractivity contribution >= 4 is 0 Å². The first-order chi connectivity index (χ1) is 9.22. The van der Waals surface area contributed by atoms with Crippen molar-refractivity contribution in [3.05, 3.63) is 23.8 Å². The van der Waals surface area contributed by atoms with Crippen molar-refractivity contribution in [3.8, 4) is 11.5 Å². The maximum absolute atomic E-state index is 5.95. The molecule has 0 aliphatic carbocycles. The predicted octanol–water partition coefficient (Wildman–Crippen LogP) is 1.87. The molecule has 2 N–H and O–H groups in total. The highest BCUT2D eigenvalue weighted by Crippen LogP contribution is 2.29. The second kappa shape index (κ2) is 6.78. The van der Waals surface area contributed by atoms with Crippen LogP contribution in [0, 0.1) is 5.92 Å². The van der Waals surface area contributed by atoms with E-state index in [0.29, 0.717) is 12.5 Å². The van der Waals surface area contributed by atoms with E-state index >= 15 is 0 Å². The van der Waals surface area contributed by atoms with Crippen molar-refractivity contribution in [2.75, 3.05) is 33.9 Å². The van der Waals surface area contributed by atoms with Gasteiger partial charge in [0.15, 0.2) is 11.5 Å². The number of ether oxygens (including phenoxy) is 2. The van der Waals surface area contributed by atoms with E-state index in [-0.39, 0.29) is 0 Å². The Morgan fingerprint density at radius 1 is 1.26 bits per heavy atom. The quantitative estimate of drug-likeness (QED) is 0.882. The normalized spacial score (nSPS) is 17.4. The summed E-state index contributed by atoms with van der Waals surface area (Å²) < 4.78 is 11.3. The van der Waals surface area contributed by atoms with Crippen molar-refractivity contribution < 1.29 is 9.47 Å². The van der Waals surface area contributed by atoms with E-state index in [1.54, 1.807) is 7.11 Å². The van der Waals surface area contributed by atoms with Crippen LogP contribution in [0.15, 0.2) is 18.2 Å². The lowest BCUT2D eigenvalue weighted by molar-refractivity contribution is 0.157. The molecule has 4 nitrogen and oxygen atoms in total. The lowest BCUT2D eigenvalue weighted by Gasteiger charge is -2.28. The topological polar surface area (TPSA) is 47.7 Å². The third-order valence-corrected chi connectivity index (χ3v) is 3.78. The highest BCUT2D eigenvalue weighted by molar-refractivity contribution is 5.42. The zero-order chi connectivity index (χ0) is 13.7. The fraction of sp³-hybridized carbons (Fsp3) is 0.600. The highest BCUT2D eigenvalue weighted by Gasteiger charge is 2.18. The van der Waals surface area contributed by atoms with Crippen LogP contribution in [-0.2, 0) is 6.54 Å². The van der Waals surface area contributed by atoms with Gasteiger partial charge in [-0.05, 0) is 56.6 Å². The largest absolute Gasteiger partial charge is 0.493 e. The molecule has 0 atom stereocenters. The smallest absolute Gasteiger partial charge is 0.161 e. The van der Waals surface area contributed by atoms with Gasteiger partial charge in [0.2, 0.25) is 0 Å². The molecule has 2 rings (SSSR count). The Morgan fingerprint density at radius 3 is 2.63 bits per heavy atom. The molecule has 0 aromatic heterocycles. The first-order valence-electron chi connectivity index (χ1n) is 6.91. The minimum atomic E-state index is 0.522. The molecule has 0 amide bonds. The van der Waals surface area contributed by atoms with Crippen molar-refractivity contribution in [1.82, 2.24) is 4.90 Å². The molecule has 0 unspecified atom stereocenters. The number of nitrogens with zero attached hydrogens (tertiary/aromatic N) is 1. The number of methoxy groups -OCH3 is 1. The monoisotopic (exact) mass is 264 g/mol. The third-order valence-electron chi connectivity index (χ3n) is 3.78. The summed E-state index contributed by atoms with van der Waals surface area (Å²) in [6.07, 6.45) is 2.41. The van der Waals surface area contributed by atoms with Crippen LogP contribution in [0.25, 0.3) is 0 Å². The van der Waals surface area contributed by atoms with E-state index in [0.717, 1.165) is 36.8 Å². The Balaban J connectivity index is 1.94. The summed E-state index contributed by atoms with van der Waals surface area (Å²) in [6.45, 7) is 3.61. The maximum atomic E-state index is 5.95. The molecular weight excluding hydrogens is 240 g/mol. The summed E-state index contributed by atoms with van der Waals surface area (Å²) in [5.74, 6) is 2.23. The van der Waals surface area contributed by atoms with Gasteiger partial charge in [-0.3, -0.25) is 0 Å². The molecule has 0 spiro atoms. The molecule has 1 aromatic carbocycles. The van der Waals surface area contributed by atoms with Crippen LogP contribution in [0.5, 0.6) is 11.5 Å². The molecule has 4 heteroatoms. The minimum Gasteiger partial charge on any atom is -0.493 e. The first-order valence-corrected chi connectivity index (χ1v) is 6.91. The Morgan fingerprint density at radius 2 is 2.00 bits per heavy atom. The van der Waals surface area contributed by atoms with Gasteiger partial charge in [0, 0.05) is 6.54 Å². The van der Waals surface area contributed by atoms with Crippen molar-refractivity contribution in [1.29, 1.82) is 0 Å². The number of hydrogen-bond donors (Lipinski definition) is 1. The molecule has 1 aliphatic heterocycles. The Kier molecular flexibility index (Phi) is 5.05. The molecule has 0 bridgehead atoms. The van der Waals surface area contributed by atoms with E-state index in [2.05, 4.69) is 11.9 Å². The van der Waals surface area contributed by atoms with E-state index in [9.17, 15) is 0 Å². The second-order valence-corrected chi connectivity index (χ2v) is 5.25. The van der Waals surface area contributed by atoms with Crippen LogP contribution >= 0.6 is 0 Å². The molecule has 1 fully saturated rings. The average molecular weight is 264 g/mol. The fourth-order valence-corrected chi connectivity index (χ4v) is 2.40. The van der Waals surface area contributed by atoms with Crippen molar-refractivity contribution in [2.45, 2.75) is 19.4 Å². The van der Waals surface area contributed by atoms with Gasteiger partial charge in [0.05, 0.1) is 13.7 Å². The van der Waals surface area contributed by atoms with Crippen LogP contribution in [0.4, 0.5) is 0 Å². The maximum Gasteiger partial charge on any atom is 0.161 e. The Labute approximate surface area is 115 Å². The molecule has 1 aliphatic rings. The SMILES string of the molecule is COc1ccc(CN)cc1OCC1CCN(C)CC1. The summed E-state index contributed by atoms with van der Waals surface area (Å²) in [5.41, 5.74) is 6.73. The minimum absolute atomic E-state index is 0.522. The van der Waals surface area contributed by atoms with Gasteiger partial charge in [-0.15, -0.1) is 0 Å². The van der Waals surface area contributed by atoms with Gasteiger partial charge in [0.1, 0.15) is 0 Å². The lowest BCUT2D eigenvalue weighted by atomic mass is 9.98. The fourth-order valence-electron chi connectivity index (χ4n) is 2.40. The number of likely N-dealkylation sites (tertiary alicyclic amines) is 1. The van der Waals surface area contributed by atoms with Gasteiger partial charge in [-0.2, -0.15) is 0 Å². The van der Waals surface area contributed by atoms with Gasteiger partial charge in [-0.1, -0.05) is 6.07 Å².